The van der Waals surface area contributed by atoms with Crippen molar-refractivity contribution in [3.05, 3.63) is 51.2 Å². The quantitative estimate of drug-likeness (QED) is 0.600. The van der Waals surface area contributed by atoms with Crippen LogP contribution >= 0.6 is 34.7 Å². The largest absolute Gasteiger partial charge is 0.340 e. The van der Waals surface area contributed by atoms with Crippen molar-refractivity contribution >= 4 is 40.6 Å². The van der Waals surface area contributed by atoms with Crippen LogP contribution in [0, 0.1) is 6.92 Å². The van der Waals surface area contributed by atoms with E-state index >= 15 is 0 Å². The molecule has 0 unspecified atom stereocenters. The molecule has 0 spiro atoms. The van der Waals surface area contributed by atoms with Crippen molar-refractivity contribution in [2.75, 3.05) is 12.8 Å². The van der Waals surface area contributed by atoms with Gasteiger partial charge in [-0.25, -0.2) is 0 Å². The molecule has 2 heterocycles. The smallest absolute Gasteiger partial charge is 0.233 e. The van der Waals surface area contributed by atoms with E-state index in [4.69, 9.17) is 11.6 Å². The number of aromatic nitrogens is 4. The first-order chi connectivity index (χ1) is 12.0. The van der Waals surface area contributed by atoms with Gasteiger partial charge in [-0.05, 0) is 52.6 Å². The summed E-state index contributed by atoms with van der Waals surface area (Å²) < 4.78 is 1.58. The molecule has 6 nitrogen and oxygen atoms in total. The average Bonchev–Trinajstić information content (AvgIpc) is 3.22. The van der Waals surface area contributed by atoms with Gasteiger partial charge < -0.3 is 4.90 Å². The number of benzene rings is 1. The fourth-order valence-electron chi connectivity index (χ4n) is 2.14. The zero-order valence-electron chi connectivity index (χ0n) is 13.7. The Kier molecular flexibility index (Phi) is 5.72. The van der Waals surface area contributed by atoms with Gasteiger partial charge in [-0.3, -0.25) is 4.79 Å². The van der Waals surface area contributed by atoms with E-state index in [1.807, 2.05) is 24.6 Å². The van der Waals surface area contributed by atoms with Crippen LogP contribution in [0.1, 0.15) is 10.4 Å². The van der Waals surface area contributed by atoms with E-state index < -0.39 is 0 Å². The molecule has 0 saturated carbocycles. The van der Waals surface area contributed by atoms with Gasteiger partial charge in [0.2, 0.25) is 11.1 Å². The minimum absolute atomic E-state index is 0.0263. The first-order valence-corrected chi connectivity index (χ1v) is 9.73. The van der Waals surface area contributed by atoms with Crippen molar-refractivity contribution in [3.8, 4) is 5.69 Å². The Labute approximate surface area is 158 Å². The number of amides is 1. The van der Waals surface area contributed by atoms with Crippen LogP contribution in [-0.2, 0) is 11.3 Å². The number of tetrazole rings is 1. The normalized spacial score (nSPS) is 10.8. The lowest BCUT2D eigenvalue weighted by Crippen LogP contribution is -2.27. The molecule has 0 N–H and O–H groups in total. The molecule has 0 aliphatic heterocycles. The lowest BCUT2D eigenvalue weighted by Gasteiger charge is -2.16. The van der Waals surface area contributed by atoms with E-state index in [2.05, 4.69) is 28.5 Å². The van der Waals surface area contributed by atoms with Crippen LogP contribution in [0.2, 0.25) is 5.02 Å². The summed E-state index contributed by atoms with van der Waals surface area (Å²) in [4.78, 5) is 15.3. The lowest BCUT2D eigenvalue weighted by molar-refractivity contribution is -0.127. The van der Waals surface area contributed by atoms with Crippen molar-refractivity contribution < 1.29 is 4.79 Å². The van der Waals surface area contributed by atoms with E-state index in [1.165, 1.54) is 22.2 Å². The second-order valence-corrected chi connectivity index (χ2v) is 7.80. The molecule has 0 saturated heterocycles. The molecule has 1 amide bonds. The molecule has 3 aromatic rings. The highest BCUT2D eigenvalue weighted by atomic mass is 35.5. The fourth-order valence-corrected chi connectivity index (χ4v) is 4.12. The summed E-state index contributed by atoms with van der Waals surface area (Å²) in [5.41, 5.74) is 1.97. The highest BCUT2D eigenvalue weighted by molar-refractivity contribution is 7.99. The number of hydrogen-bond acceptors (Lipinski definition) is 6. The summed E-state index contributed by atoms with van der Waals surface area (Å²) in [6.45, 7) is 2.67. The highest BCUT2D eigenvalue weighted by Crippen LogP contribution is 2.22. The van der Waals surface area contributed by atoms with Gasteiger partial charge in [0.25, 0.3) is 0 Å². The van der Waals surface area contributed by atoms with Crippen molar-refractivity contribution in [3.63, 3.8) is 0 Å². The summed E-state index contributed by atoms with van der Waals surface area (Å²) in [6.07, 6.45) is 0. The van der Waals surface area contributed by atoms with E-state index in [9.17, 15) is 4.79 Å². The minimum Gasteiger partial charge on any atom is -0.340 e. The second kappa shape index (κ2) is 7.99. The summed E-state index contributed by atoms with van der Waals surface area (Å²) >= 11 is 8.98. The number of thiophene rings is 1. The molecule has 3 rings (SSSR count). The Morgan fingerprint density at radius 1 is 1.40 bits per heavy atom. The molecule has 9 heteroatoms. The summed E-state index contributed by atoms with van der Waals surface area (Å²) in [5, 5.41) is 14.9. The molecule has 0 aliphatic rings. The van der Waals surface area contributed by atoms with Crippen LogP contribution in [0.3, 0.4) is 0 Å². The van der Waals surface area contributed by atoms with Crippen LogP contribution in [0.15, 0.2) is 40.9 Å². The van der Waals surface area contributed by atoms with E-state index in [-0.39, 0.29) is 11.7 Å². The Morgan fingerprint density at radius 2 is 2.24 bits per heavy atom. The monoisotopic (exact) mass is 393 g/mol. The van der Waals surface area contributed by atoms with Crippen molar-refractivity contribution in [1.29, 1.82) is 0 Å². The number of rotatable bonds is 6. The Bertz CT molecular complexity index is 879. The van der Waals surface area contributed by atoms with Gasteiger partial charge in [-0.1, -0.05) is 29.4 Å². The standard InChI is InChI=1S/C16H16ClN5OS2/c1-11-6-7-24-14(11)9-21(2)15(23)10-25-16-18-19-20-22(16)13-5-3-4-12(17)8-13/h3-8H,9-10H2,1-2H3. The predicted octanol–water partition coefficient (Wildman–Crippen LogP) is 3.44. The summed E-state index contributed by atoms with van der Waals surface area (Å²) in [7, 11) is 1.81. The SMILES string of the molecule is Cc1ccsc1CN(C)C(=O)CSc1nnnn1-c1cccc(Cl)c1. The second-order valence-electron chi connectivity index (χ2n) is 5.42. The number of nitrogens with zero attached hydrogens (tertiary/aromatic N) is 5. The Hall–Kier alpha value is -1.90. The van der Waals surface area contributed by atoms with Gasteiger partial charge in [0.15, 0.2) is 0 Å². The molecule has 0 fully saturated rings. The first-order valence-electron chi connectivity index (χ1n) is 7.48. The van der Waals surface area contributed by atoms with E-state index in [0.717, 1.165) is 5.69 Å². The molecule has 25 heavy (non-hydrogen) atoms. The first kappa shape index (κ1) is 17.9. The average molecular weight is 394 g/mol. The van der Waals surface area contributed by atoms with Crippen LogP contribution in [0.25, 0.3) is 5.69 Å². The number of thioether (sulfide) groups is 1. The number of aryl methyl sites for hydroxylation is 1. The van der Waals surface area contributed by atoms with E-state index in [1.54, 1.807) is 33.1 Å². The molecule has 0 bridgehead atoms. The maximum atomic E-state index is 12.4. The van der Waals surface area contributed by atoms with Crippen LogP contribution < -0.4 is 0 Å². The Morgan fingerprint density at radius 3 is 2.96 bits per heavy atom. The number of carbonyl (C=O) groups is 1. The van der Waals surface area contributed by atoms with Crippen molar-refractivity contribution in [1.82, 2.24) is 25.1 Å². The number of carbonyl (C=O) groups excluding carboxylic acids is 1. The van der Waals surface area contributed by atoms with Gasteiger partial charge >= 0.3 is 0 Å². The van der Waals surface area contributed by atoms with Gasteiger partial charge in [0.1, 0.15) is 0 Å². The summed E-state index contributed by atoms with van der Waals surface area (Å²) in [5.74, 6) is 0.292. The number of hydrogen-bond donors (Lipinski definition) is 0. The third kappa shape index (κ3) is 4.39. The van der Waals surface area contributed by atoms with Crippen LogP contribution in [0.5, 0.6) is 0 Å². The maximum Gasteiger partial charge on any atom is 0.233 e. The van der Waals surface area contributed by atoms with Gasteiger partial charge in [-0.15, -0.1) is 16.4 Å². The molecule has 0 aliphatic carbocycles. The molecule has 0 atom stereocenters. The molecule has 0 radical (unpaired) electrons. The maximum absolute atomic E-state index is 12.4. The fraction of sp³-hybridized carbons (Fsp3) is 0.250. The third-order valence-electron chi connectivity index (χ3n) is 3.59. The van der Waals surface area contributed by atoms with Crippen molar-refractivity contribution in [2.45, 2.75) is 18.6 Å². The minimum atomic E-state index is 0.0263. The van der Waals surface area contributed by atoms with Gasteiger partial charge in [0.05, 0.1) is 18.0 Å². The molecule has 1 aromatic carbocycles. The van der Waals surface area contributed by atoms with Gasteiger partial charge in [-0.2, -0.15) is 4.68 Å². The zero-order valence-corrected chi connectivity index (χ0v) is 16.1. The molecule has 130 valence electrons. The molecule has 2 aromatic heterocycles. The number of halogens is 1. The molecular formula is C16H16ClN5OS2. The zero-order chi connectivity index (χ0) is 17.8. The lowest BCUT2D eigenvalue weighted by atomic mass is 10.3. The van der Waals surface area contributed by atoms with Crippen LogP contribution in [-0.4, -0.2) is 43.8 Å². The predicted molar refractivity (Wildman–Crippen MR) is 100 cm³/mol. The van der Waals surface area contributed by atoms with Gasteiger partial charge in [0, 0.05) is 16.9 Å². The highest BCUT2D eigenvalue weighted by Gasteiger charge is 2.15. The summed E-state index contributed by atoms with van der Waals surface area (Å²) in [6, 6.07) is 9.31. The topological polar surface area (TPSA) is 63.9 Å². The third-order valence-corrected chi connectivity index (χ3v) is 5.74. The van der Waals surface area contributed by atoms with Crippen LogP contribution in [0.4, 0.5) is 0 Å². The Balaban J connectivity index is 1.63. The van der Waals surface area contributed by atoms with E-state index in [0.29, 0.717) is 16.7 Å². The molecular weight excluding hydrogens is 378 g/mol. The van der Waals surface area contributed by atoms with Crippen molar-refractivity contribution in [2.24, 2.45) is 0 Å².